The predicted molar refractivity (Wildman–Crippen MR) is 88.1 cm³/mol. The second-order valence-corrected chi connectivity index (χ2v) is 5.56. The number of ether oxygens (including phenoxy) is 1. The summed E-state index contributed by atoms with van der Waals surface area (Å²) >= 11 is 1.57. The maximum Gasteiger partial charge on any atom is 0.328 e. The number of aromatic nitrogens is 1. The average Bonchev–Trinajstić information content (AvgIpc) is 2.57. The number of nitrogens with zero attached hydrogens (tertiary/aromatic N) is 1. The van der Waals surface area contributed by atoms with Crippen LogP contribution in [-0.2, 0) is 14.3 Å². The van der Waals surface area contributed by atoms with Crippen LogP contribution in [0.15, 0.2) is 24.5 Å². The number of carbonyl (C=O) groups is 3. The quantitative estimate of drug-likeness (QED) is 0.640. The zero-order valence-electron chi connectivity index (χ0n) is 13.2. The van der Waals surface area contributed by atoms with E-state index in [4.69, 9.17) is 4.74 Å². The first-order valence-electron chi connectivity index (χ1n) is 7.21. The van der Waals surface area contributed by atoms with Crippen molar-refractivity contribution in [1.29, 1.82) is 0 Å². The number of amides is 2. The second kappa shape index (κ2) is 10.6. The standard InChI is InChI=1S/C15H21N3O4S/c1-3-22-15(21)12(6-8-23-2)18-13(19)10-17-14(20)11-5-4-7-16-9-11/h4-5,7,9,12H,3,6,8,10H2,1-2H3,(H,17,20)(H,18,19)/t12-/m1/s1. The summed E-state index contributed by atoms with van der Waals surface area (Å²) in [6.07, 6.45) is 5.35. The Morgan fingerprint density at radius 2 is 2.17 bits per heavy atom. The molecule has 0 saturated carbocycles. The molecule has 8 heteroatoms. The van der Waals surface area contributed by atoms with E-state index >= 15 is 0 Å². The molecule has 0 saturated heterocycles. The maximum atomic E-state index is 11.9. The fourth-order valence-electron chi connectivity index (χ4n) is 1.73. The Kier molecular flexibility index (Phi) is 8.74. The van der Waals surface area contributed by atoms with E-state index in [1.54, 1.807) is 37.0 Å². The molecule has 0 radical (unpaired) electrons. The Morgan fingerprint density at radius 3 is 2.78 bits per heavy atom. The Labute approximate surface area is 139 Å². The van der Waals surface area contributed by atoms with Gasteiger partial charge in [0.25, 0.3) is 5.91 Å². The normalized spacial score (nSPS) is 11.4. The third-order valence-electron chi connectivity index (χ3n) is 2.85. The molecule has 0 bridgehead atoms. The lowest BCUT2D eigenvalue weighted by atomic mass is 10.2. The van der Waals surface area contributed by atoms with Crippen LogP contribution in [0.4, 0.5) is 0 Å². The van der Waals surface area contributed by atoms with Crippen molar-refractivity contribution >= 4 is 29.5 Å². The van der Waals surface area contributed by atoms with Crippen LogP contribution in [0.1, 0.15) is 23.7 Å². The summed E-state index contributed by atoms with van der Waals surface area (Å²) in [5.74, 6) is -0.592. The highest BCUT2D eigenvalue weighted by Crippen LogP contribution is 2.03. The molecule has 0 fully saturated rings. The lowest BCUT2D eigenvalue weighted by Gasteiger charge is -2.17. The number of hydrogen-bond donors (Lipinski definition) is 2. The van der Waals surface area contributed by atoms with E-state index in [1.807, 2.05) is 6.26 Å². The number of hydrogen-bond acceptors (Lipinski definition) is 6. The van der Waals surface area contributed by atoms with Crippen LogP contribution in [0.2, 0.25) is 0 Å². The first-order valence-corrected chi connectivity index (χ1v) is 8.61. The first-order chi connectivity index (χ1) is 11.1. The summed E-state index contributed by atoms with van der Waals surface area (Å²) in [5, 5.41) is 5.07. The number of carbonyl (C=O) groups excluding carboxylic acids is 3. The van der Waals surface area contributed by atoms with Gasteiger partial charge in [-0.1, -0.05) is 0 Å². The van der Waals surface area contributed by atoms with Crippen LogP contribution < -0.4 is 10.6 Å². The van der Waals surface area contributed by atoms with E-state index in [-0.39, 0.29) is 13.2 Å². The van der Waals surface area contributed by atoms with E-state index in [9.17, 15) is 14.4 Å². The van der Waals surface area contributed by atoms with Gasteiger partial charge in [0.15, 0.2) is 0 Å². The molecule has 1 atom stereocenters. The largest absolute Gasteiger partial charge is 0.464 e. The van der Waals surface area contributed by atoms with Crippen LogP contribution in [0.5, 0.6) is 0 Å². The second-order valence-electron chi connectivity index (χ2n) is 4.58. The highest BCUT2D eigenvalue weighted by molar-refractivity contribution is 7.98. The van der Waals surface area contributed by atoms with Gasteiger partial charge in [0, 0.05) is 12.4 Å². The molecule has 0 aliphatic carbocycles. The van der Waals surface area contributed by atoms with Gasteiger partial charge in [-0.15, -0.1) is 0 Å². The van der Waals surface area contributed by atoms with E-state index in [0.717, 1.165) is 0 Å². The summed E-state index contributed by atoms with van der Waals surface area (Å²) in [4.78, 5) is 39.4. The molecule has 0 aromatic carbocycles. The fraction of sp³-hybridized carbons (Fsp3) is 0.467. The molecule has 1 heterocycles. The molecule has 2 amide bonds. The Morgan fingerprint density at radius 1 is 1.39 bits per heavy atom. The van der Waals surface area contributed by atoms with Crippen LogP contribution in [0, 0.1) is 0 Å². The molecule has 0 aliphatic rings. The van der Waals surface area contributed by atoms with Gasteiger partial charge in [-0.05, 0) is 37.5 Å². The summed E-state index contributed by atoms with van der Waals surface area (Å²) in [7, 11) is 0. The number of esters is 1. The van der Waals surface area contributed by atoms with Gasteiger partial charge in [0.05, 0.1) is 18.7 Å². The molecule has 0 spiro atoms. The van der Waals surface area contributed by atoms with Crippen LogP contribution in [0.3, 0.4) is 0 Å². The van der Waals surface area contributed by atoms with Gasteiger partial charge < -0.3 is 15.4 Å². The van der Waals surface area contributed by atoms with E-state index in [0.29, 0.717) is 17.7 Å². The van der Waals surface area contributed by atoms with Crippen molar-refractivity contribution in [3.05, 3.63) is 30.1 Å². The van der Waals surface area contributed by atoms with E-state index in [1.165, 1.54) is 6.20 Å². The maximum absolute atomic E-state index is 11.9. The van der Waals surface area contributed by atoms with Crippen molar-refractivity contribution < 1.29 is 19.1 Å². The third kappa shape index (κ3) is 7.14. The molecule has 0 unspecified atom stereocenters. The van der Waals surface area contributed by atoms with Gasteiger partial charge in [-0.2, -0.15) is 11.8 Å². The molecule has 126 valence electrons. The lowest BCUT2D eigenvalue weighted by Crippen LogP contribution is -2.46. The average molecular weight is 339 g/mol. The van der Waals surface area contributed by atoms with Crippen molar-refractivity contribution in [3.63, 3.8) is 0 Å². The van der Waals surface area contributed by atoms with Gasteiger partial charge >= 0.3 is 5.97 Å². The minimum atomic E-state index is -0.704. The summed E-state index contributed by atoms with van der Waals surface area (Å²) in [5.41, 5.74) is 0.365. The molecular formula is C15H21N3O4S. The Balaban J connectivity index is 2.48. The van der Waals surface area contributed by atoms with Crippen molar-refractivity contribution in [1.82, 2.24) is 15.6 Å². The fourth-order valence-corrected chi connectivity index (χ4v) is 2.20. The van der Waals surface area contributed by atoms with E-state index in [2.05, 4.69) is 15.6 Å². The lowest BCUT2D eigenvalue weighted by molar-refractivity contribution is -0.147. The summed E-state index contributed by atoms with van der Waals surface area (Å²) < 4.78 is 4.94. The topological polar surface area (TPSA) is 97.4 Å². The first kappa shape index (κ1) is 19.0. The highest BCUT2D eigenvalue weighted by Gasteiger charge is 2.21. The van der Waals surface area contributed by atoms with Crippen LogP contribution in [-0.4, -0.2) is 54.0 Å². The van der Waals surface area contributed by atoms with Gasteiger partial charge in [-0.3, -0.25) is 14.6 Å². The monoisotopic (exact) mass is 339 g/mol. The van der Waals surface area contributed by atoms with Crippen LogP contribution >= 0.6 is 11.8 Å². The molecule has 1 aromatic rings. The number of nitrogens with one attached hydrogen (secondary N) is 2. The predicted octanol–water partition coefficient (Wildman–Crippen LogP) is 0.612. The number of pyridine rings is 1. The summed E-state index contributed by atoms with van der Waals surface area (Å²) in [6, 6.07) is 2.53. The van der Waals surface area contributed by atoms with E-state index < -0.39 is 23.8 Å². The zero-order valence-corrected chi connectivity index (χ0v) is 14.0. The van der Waals surface area contributed by atoms with Gasteiger partial charge in [-0.25, -0.2) is 4.79 Å². The number of rotatable bonds is 9. The molecule has 7 nitrogen and oxygen atoms in total. The summed E-state index contributed by atoms with van der Waals surface area (Å²) in [6.45, 7) is 1.74. The van der Waals surface area contributed by atoms with Crippen LogP contribution in [0.25, 0.3) is 0 Å². The Bertz CT molecular complexity index is 525. The molecular weight excluding hydrogens is 318 g/mol. The molecule has 0 aliphatic heterocycles. The molecule has 1 rings (SSSR count). The van der Waals surface area contributed by atoms with Crippen molar-refractivity contribution in [2.24, 2.45) is 0 Å². The van der Waals surface area contributed by atoms with Gasteiger partial charge in [0.2, 0.25) is 5.91 Å². The number of thioether (sulfide) groups is 1. The molecule has 2 N–H and O–H groups in total. The molecule has 1 aromatic heterocycles. The van der Waals surface area contributed by atoms with Crippen molar-refractivity contribution in [2.75, 3.05) is 25.2 Å². The highest BCUT2D eigenvalue weighted by atomic mass is 32.2. The van der Waals surface area contributed by atoms with Crippen molar-refractivity contribution in [3.8, 4) is 0 Å². The third-order valence-corrected chi connectivity index (χ3v) is 3.49. The van der Waals surface area contributed by atoms with Gasteiger partial charge in [0.1, 0.15) is 6.04 Å². The zero-order chi connectivity index (χ0) is 17.1. The SMILES string of the molecule is CCOC(=O)[C@@H](CCSC)NC(=O)CNC(=O)c1cccnc1. The minimum absolute atomic E-state index is 0.219. The Hall–Kier alpha value is -2.09. The smallest absolute Gasteiger partial charge is 0.328 e. The molecule has 23 heavy (non-hydrogen) atoms. The minimum Gasteiger partial charge on any atom is -0.464 e. The van der Waals surface area contributed by atoms with Crippen molar-refractivity contribution in [2.45, 2.75) is 19.4 Å².